The first-order chi connectivity index (χ1) is 16.0. The molecule has 0 radical (unpaired) electrons. The molecule has 0 spiro atoms. The van der Waals surface area contributed by atoms with Crippen molar-refractivity contribution >= 4 is 17.5 Å². The zero-order valence-electron chi connectivity index (χ0n) is 18.0. The molecule has 1 aromatic carbocycles. The van der Waals surface area contributed by atoms with Crippen LogP contribution in [0.15, 0.2) is 94.0 Å². The first-order valence-electron chi connectivity index (χ1n) is 10.8. The Hall–Kier alpha value is -4.00. The summed E-state index contributed by atoms with van der Waals surface area (Å²) in [6, 6.07) is 15.1. The van der Waals surface area contributed by atoms with E-state index in [1.807, 2.05) is 6.07 Å². The fraction of sp³-hybridized carbons (Fsp3) is 0.192. The highest BCUT2D eigenvalue weighted by Gasteiger charge is 2.42. The van der Waals surface area contributed by atoms with Crippen LogP contribution in [0.5, 0.6) is 0 Å². The summed E-state index contributed by atoms with van der Waals surface area (Å²) in [5.41, 5.74) is 2.30. The molecule has 2 aromatic heterocycles. The van der Waals surface area contributed by atoms with Crippen LogP contribution in [0.1, 0.15) is 42.9 Å². The van der Waals surface area contributed by atoms with E-state index in [0.717, 1.165) is 5.76 Å². The third-order valence-corrected chi connectivity index (χ3v) is 6.14. The van der Waals surface area contributed by atoms with Gasteiger partial charge < -0.3 is 15.1 Å². The molecule has 0 bridgehead atoms. The van der Waals surface area contributed by atoms with Crippen LogP contribution in [-0.4, -0.2) is 16.7 Å². The molecule has 3 aromatic rings. The van der Waals surface area contributed by atoms with Gasteiger partial charge in [0.2, 0.25) is 0 Å². The van der Waals surface area contributed by atoms with Crippen molar-refractivity contribution in [3.05, 3.63) is 107 Å². The number of halogens is 1. The molecule has 2 atom stereocenters. The van der Waals surface area contributed by atoms with Crippen molar-refractivity contribution in [2.45, 2.75) is 31.6 Å². The number of allylic oxidation sites excluding steroid dienone is 3. The number of nitrogens with one attached hydrogen (secondary N) is 2. The van der Waals surface area contributed by atoms with Gasteiger partial charge in [-0.1, -0.05) is 24.3 Å². The molecule has 33 heavy (non-hydrogen) atoms. The summed E-state index contributed by atoms with van der Waals surface area (Å²) < 4.78 is 20.6. The quantitative estimate of drug-likeness (QED) is 0.604. The zero-order chi connectivity index (χ0) is 22.9. The lowest BCUT2D eigenvalue weighted by atomic mass is 9.72. The van der Waals surface area contributed by atoms with Gasteiger partial charge in [0.1, 0.15) is 17.4 Å². The van der Waals surface area contributed by atoms with Crippen LogP contribution in [0.3, 0.4) is 0 Å². The van der Waals surface area contributed by atoms with Crippen LogP contribution in [-0.2, 0) is 9.59 Å². The van der Waals surface area contributed by atoms with Crippen molar-refractivity contribution in [3.8, 4) is 0 Å². The van der Waals surface area contributed by atoms with E-state index in [1.165, 1.54) is 6.07 Å². The average Bonchev–Trinajstić information content (AvgIpc) is 3.34. The number of rotatable bonds is 4. The highest BCUT2D eigenvalue weighted by atomic mass is 19.1. The van der Waals surface area contributed by atoms with E-state index in [-0.39, 0.29) is 18.1 Å². The number of amides is 1. The summed E-state index contributed by atoms with van der Waals surface area (Å²) in [4.78, 5) is 31.0. The van der Waals surface area contributed by atoms with Gasteiger partial charge >= 0.3 is 0 Å². The van der Waals surface area contributed by atoms with Crippen molar-refractivity contribution in [2.75, 3.05) is 5.32 Å². The molecule has 3 heterocycles. The Kier molecular flexibility index (Phi) is 5.38. The van der Waals surface area contributed by atoms with Gasteiger partial charge in [-0.25, -0.2) is 9.37 Å². The minimum atomic E-state index is -0.823. The summed E-state index contributed by atoms with van der Waals surface area (Å²) in [6.45, 7) is 1.77. The SMILES string of the molecule is CC1=C(C(=O)Nc2ccccn2)C(c2ccccc2F)C2=C(CC(c3ccco3)CC2=O)N1. The van der Waals surface area contributed by atoms with E-state index in [1.54, 1.807) is 61.8 Å². The molecule has 2 unspecified atom stereocenters. The predicted octanol–water partition coefficient (Wildman–Crippen LogP) is 4.81. The minimum absolute atomic E-state index is 0.114. The Morgan fingerprint density at radius 3 is 2.67 bits per heavy atom. The number of furan rings is 1. The maximum atomic E-state index is 15.0. The lowest BCUT2D eigenvalue weighted by Gasteiger charge is -2.36. The molecule has 0 saturated heterocycles. The van der Waals surface area contributed by atoms with Crippen LogP contribution < -0.4 is 10.6 Å². The van der Waals surface area contributed by atoms with E-state index >= 15 is 4.39 Å². The number of ketones is 1. The molecular formula is C26H22FN3O3. The van der Waals surface area contributed by atoms with Gasteiger partial charge in [0.25, 0.3) is 5.91 Å². The number of aromatic nitrogens is 1. The van der Waals surface area contributed by atoms with E-state index < -0.39 is 17.6 Å². The number of pyridine rings is 1. The van der Waals surface area contributed by atoms with E-state index in [4.69, 9.17) is 4.42 Å². The van der Waals surface area contributed by atoms with Crippen molar-refractivity contribution in [1.29, 1.82) is 0 Å². The second kappa shape index (κ2) is 8.50. The van der Waals surface area contributed by atoms with Gasteiger partial charge in [-0.05, 0) is 43.7 Å². The number of carbonyl (C=O) groups is 2. The van der Waals surface area contributed by atoms with Crippen LogP contribution >= 0.6 is 0 Å². The molecule has 2 N–H and O–H groups in total. The van der Waals surface area contributed by atoms with E-state index in [0.29, 0.717) is 40.3 Å². The number of hydrogen-bond donors (Lipinski definition) is 2. The third-order valence-electron chi connectivity index (χ3n) is 6.14. The molecule has 0 fully saturated rings. The molecule has 6 nitrogen and oxygen atoms in total. The number of Topliss-reactive ketones (excluding diaryl/α,β-unsaturated/α-hetero) is 1. The Labute approximate surface area is 190 Å². The summed E-state index contributed by atoms with van der Waals surface area (Å²) in [7, 11) is 0. The third kappa shape index (κ3) is 3.86. The Bertz CT molecular complexity index is 1280. The Morgan fingerprint density at radius 1 is 1.12 bits per heavy atom. The molecular weight excluding hydrogens is 421 g/mol. The fourth-order valence-electron chi connectivity index (χ4n) is 4.71. The summed E-state index contributed by atoms with van der Waals surface area (Å²) in [6.07, 6.45) is 3.93. The maximum Gasteiger partial charge on any atom is 0.255 e. The number of benzene rings is 1. The van der Waals surface area contributed by atoms with E-state index in [9.17, 15) is 9.59 Å². The van der Waals surface area contributed by atoms with Gasteiger partial charge in [-0.2, -0.15) is 0 Å². The van der Waals surface area contributed by atoms with Crippen molar-refractivity contribution in [2.24, 2.45) is 0 Å². The number of dihydropyridines is 1. The Balaban J connectivity index is 1.59. The second-order valence-electron chi connectivity index (χ2n) is 8.22. The first-order valence-corrected chi connectivity index (χ1v) is 10.8. The monoisotopic (exact) mass is 443 g/mol. The number of anilines is 1. The molecule has 1 amide bonds. The average molecular weight is 443 g/mol. The van der Waals surface area contributed by atoms with Gasteiger partial charge in [-0.15, -0.1) is 0 Å². The largest absolute Gasteiger partial charge is 0.469 e. The molecule has 166 valence electrons. The molecule has 2 aliphatic rings. The number of carbonyl (C=O) groups excluding carboxylic acids is 2. The van der Waals surface area contributed by atoms with Crippen LogP contribution in [0.4, 0.5) is 10.2 Å². The normalized spacial score (nSPS) is 20.4. The van der Waals surface area contributed by atoms with E-state index in [2.05, 4.69) is 15.6 Å². The molecule has 7 heteroatoms. The lowest BCUT2D eigenvalue weighted by molar-refractivity contribution is -0.116. The first kappa shape index (κ1) is 20.9. The lowest BCUT2D eigenvalue weighted by Crippen LogP contribution is -2.37. The van der Waals surface area contributed by atoms with Crippen LogP contribution in [0.2, 0.25) is 0 Å². The fourth-order valence-corrected chi connectivity index (χ4v) is 4.71. The van der Waals surface area contributed by atoms with Crippen LogP contribution in [0, 0.1) is 5.82 Å². The highest BCUT2D eigenvalue weighted by molar-refractivity contribution is 6.09. The van der Waals surface area contributed by atoms with Gasteiger partial charge in [0, 0.05) is 52.6 Å². The zero-order valence-corrected chi connectivity index (χ0v) is 18.0. The van der Waals surface area contributed by atoms with Crippen molar-refractivity contribution in [3.63, 3.8) is 0 Å². The molecule has 1 aliphatic heterocycles. The maximum absolute atomic E-state index is 15.0. The standard InChI is InChI=1S/C26H22FN3O3/c1-15-23(26(32)30-22-10-4-5-11-28-22)24(17-7-2-3-8-18(17)27)25-19(29-15)13-16(14-20(25)31)21-9-6-12-33-21/h2-12,16,24,29H,13-14H2,1H3,(H,28,30,32). The Morgan fingerprint density at radius 2 is 1.94 bits per heavy atom. The minimum Gasteiger partial charge on any atom is -0.469 e. The highest BCUT2D eigenvalue weighted by Crippen LogP contribution is 2.46. The van der Waals surface area contributed by atoms with Gasteiger partial charge in [-0.3, -0.25) is 9.59 Å². The van der Waals surface area contributed by atoms with Crippen molar-refractivity contribution in [1.82, 2.24) is 10.3 Å². The smallest absolute Gasteiger partial charge is 0.255 e. The summed E-state index contributed by atoms with van der Waals surface area (Å²) in [5, 5.41) is 6.05. The molecule has 5 rings (SSSR count). The predicted molar refractivity (Wildman–Crippen MR) is 121 cm³/mol. The van der Waals surface area contributed by atoms with Gasteiger partial charge in [0.05, 0.1) is 6.26 Å². The summed E-state index contributed by atoms with van der Waals surface area (Å²) >= 11 is 0. The molecule has 1 aliphatic carbocycles. The summed E-state index contributed by atoms with van der Waals surface area (Å²) in [5.74, 6) is -0.850. The topological polar surface area (TPSA) is 84.2 Å². The molecule has 0 saturated carbocycles. The number of nitrogens with zero attached hydrogens (tertiary/aromatic N) is 1. The van der Waals surface area contributed by atoms with Crippen molar-refractivity contribution < 1.29 is 18.4 Å². The van der Waals surface area contributed by atoms with Gasteiger partial charge in [0.15, 0.2) is 5.78 Å². The second-order valence-corrected chi connectivity index (χ2v) is 8.22. The number of hydrogen-bond acceptors (Lipinski definition) is 5. The van der Waals surface area contributed by atoms with Crippen LogP contribution in [0.25, 0.3) is 0 Å².